The van der Waals surface area contributed by atoms with Crippen molar-refractivity contribution in [3.63, 3.8) is 0 Å². The SMILES string of the molecule is COCO[C@H]1[C@H](CNC(C)=O)CC[C@@H](CCOC(C)=O)[C@H]1OC(C)=O. The van der Waals surface area contributed by atoms with Gasteiger partial charge in [0.1, 0.15) is 19.0 Å². The first-order valence-corrected chi connectivity index (χ1v) is 8.50. The van der Waals surface area contributed by atoms with Gasteiger partial charge in [0.05, 0.1) is 6.61 Å². The molecule has 144 valence electrons. The Morgan fingerprint density at radius 1 is 1.00 bits per heavy atom. The van der Waals surface area contributed by atoms with E-state index < -0.39 is 18.2 Å². The molecule has 0 radical (unpaired) electrons. The molecule has 0 unspecified atom stereocenters. The van der Waals surface area contributed by atoms with Crippen molar-refractivity contribution in [2.24, 2.45) is 11.8 Å². The van der Waals surface area contributed by atoms with Gasteiger partial charge < -0.3 is 24.3 Å². The van der Waals surface area contributed by atoms with Gasteiger partial charge in [-0.15, -0.1) is 0 Å². The van der Waals surface area contributed by atoms with Crippen LogP contribution in [0.15, 0.2) is 0 Å². The minimum Gasteiger partial charge on any atom is -0.466 e. The van der Waals surface area contributed by atoms with Gasteiger partial charge in [0.2, 0.25) is 5.91 Å². The van der Waals surface area contributed by atoms with Crippen LogP contribution >= 0.6 is 0 Å². The summed E-state index contributed by atoms with van der Waals surface area (Å²) in [6, 6.07) is 0. The van der Waals surface area contributed by atoms with Gasteiger partial charge in [-0.2, -0.15) is 0 Å². The zero-order chi connectivity index (χ0) is 18.8. The number of rotatable bonds is 9. The lowest BCUT2D eigenvalue weighted by molar-refractivity contribution is -0.189. The second kappa shape index (κ2) is 11.0. The molecule has 0 aliphatic heterocycles. The van der Waals surface area contributed by atoms with Crippen LogP contribution in [0.5, 0.6) is 0 Å². The van der Waals surface area contributed by atoms with Gasteiger partial charge in [0, 0.05) is 46.3 Å². The van der Waals surface area contributed by atoms with Crippen molar-refractivity contribution in [2.45, 2.75) is 52.2 Å². The highest BCUT2D eigenvalue weighted by atomic mass is 16.7. The molecule has 0 aromatic rings. The number of carbonyl (C=O) groups excluding carboxylic acids is 3. The number of hydrogen-bond acceptors (Lipinski definition) is 7. The molecule has 8 heteroatoms. The standard InChI is InChI=1S/C17H29NO7/c1-11(19)18-9-15-6-5-14(7-8-23-12(2)20)17(25-13(3)21)16(15)24-10-22-4/h14-17H,5-10H2,1-4H3,(H,18,19)/t14-,15-,16-,17+/m0/s1. The molecular weight excluding hydrogens is 330 g/mol. The van der Waals surface area contributed by atoms with Gasteiger partial charge in [-0.3, -0.25) is 14.4 Å². The fraction of sp³-hybridized carbons (Fsp3) is 0.824. The monoisotopic (exact) mass is 359 g/mol. The van der Waals surface area contributed by atoms with E-state index in [1.165, 1.54) is 27.9 Å². The third kappa shape index (κ3) is 7.83. The molecule has 1 N–H and O–H groups in total. The molecule has 25 heavy (non-hydrogen) atoms. The van der Waals surface area contributed by atoms with Crippen LogP contribution in [-0.4, -0.2) is 57.1 Å². The number of amides is 1. The third-order valence-corrected chi connectivity index (χ3v) is 4.25. The highest BCUT2D eigenvalue weighted by Gasteiger charge is 2.42. The molecule has 0 saturated heterocycles. The molecule has 1 rings (SSSR count). The van der Waals surface area contributed by atoms with E-state index >= 15 is 0 Å². The van der Waals surface area contributed by atoms with Gasteiger partial charge in [-0.05, 0) is 19.3 Å². The Labute approximate surface area is 148 Å². The second-order valence-electron chi connectivity index (χ2n) is 6.28. The molecule has 0 heterocycles. The molecule has 0 aromatic heterocycles. The van der Waals surface area contributed by atoms with Crippen molar-refractivity contribution in [2.75, 3.05) is 27.1 Å². The Bertz CT molecular complexity index is 454. The number of hydrogen-bond donors (Lipinski definition) is 1. The summed E-state index contributed by atoms with van der Waals surface area (Å²) in [5.41, 5.74) is 0. The van der Waals surface area contributed by atoms with Crippen molar-refractivity contribution < 1.29 is 33.3 Å². The fourth-order valence-electron chi connectivity index (χ4n) is 3.18. The molecular formula is C17H29NO7. The molecule has 4 atom stereocenters. The van der Waals surface area contributed by atoms with Crippen molar-refractivity contribution in [3.05, 3.63) is 0 Å². The number of nitrogens with one attached hydrogen (secondary N) is 1. The van der Waals surface area contributed by atoms with Gasteiger partial charge >= 0.3 is 11.9 Å². The molecule has 0 aromatic carbocycles. The molecule has 1 aliphatic carbocycles. The van der Waals surface area contributed by atoms with Crippen molar-refractivity contribution in [1.29, 1.82) is 0 Å². The lowest BCUT2D eigenvalue weighted by Gasteiger charge is -2.42. The average Bonchev–Trinajstić information content (AvgIpc) is 2.52. The van der Waals surface area contributed by atoms with E-state index in [0.717, 1.165) is 12.8 Å². The van der Waals surface area contributed by atoms with E-state index in [1.807, 2.05) is 0 Å². The highest BCUT2D eigenvalue weighted by Crippen LogP contribution is 2.35. The predicted octanol–water partition coefficient (Wildman–Crippen LogP) is 1.02. The maximum atomic E-state index is 11.6. The van der Waals surface area contributed by atoms with E-state index in [9.17, 15) is 14.4 Å². The smallest absolute Gasteiger partial charge is 0.303 e. The highest BCUT2D eigenvalue weighted by molar-refractivity contribution is 5.72. The zero-order valence-corrected chi connectivity index (χ0v) is 15.4. The van der Waals surface area contributed by atoms with Crippen LogP contribution in [0.1, 0.15) is 40.0 Å². The summed E-state index contributed by atoms with van der Waals surface area (Å²) < 4.78 is 21.3. The Balaban J connectivity index is 2.84. The molecule has 1 amide bonds. The maximum Gasteiger partial charge on any atom is 0.303 e. The Morgan fingerprint density at radius 3 is 2.24 bits per heavy atom. The first kappa shape index (κ1) is 21.4. The summed E-state index contributed by atoms with van der Waals surface area (Å²) in [7, 11) is 1.52. The topological polar surface area (TPSA) is 100 Å². The van der Waals surface area contributed by atoms with Crippen LogP contribution in [0.4, 0.5) is 0 Å². The van der Waals surface area contributed by atoms with Crippen LogP contribution in [0, 0.1) is 11.8 Å². The maximum absolute atomic E-state index is 11.6. The van der Waals surface area contributed by atoms with Gasteiger partial charge in [-0.25, -0.2) is 0 Å². The van der Waals surface area contributed by atoms with Gasteiger partial charge in [0.25, 0.3) is 0 Å². The van der Waals surface area contributed by atoms with Crippen LogP contribution < -0.4 is 5.32 Å². The van der Waals surface area contributed by atoms with Crippen LogP contribution in [0.25, 0.3) is 0 Å². The second-order valence-corrected chi connectivity index (χ2v) is 6.28. The number of ether oxygens (including phenoxy) is 4. The minimum absolute atomic E-state index is 0.00776. The average molecular weight is 359 g/mol. The van der Waals surface area contributed by atoms with Gasteiger partial charge in [0.15, 0.2) is 0 Å². The van der Waals surface area contributed by atoms with Crippen LogP contribution in [0.3, 0.4) is 0 Å². The van der Waals surface area contributed by atoms with Crippen LogP contribution in [0.2, 0.25) is 0 Å². The molecule has 1 aliphatic rings. The van der Waals surface area contributed by atoms with Crippen molar-refractivity contribution in [3.8, 4) is 0 Å². The van der Waals surface area contributed by atoms with E-state index in [0.29, 0.717) is 13.0 Å². The summed E-state index contributed by atoms with van der Waals surface area (Å²) in [6.45, 7) is 4.95. The number of esters is 2. The zero-order valence-electron chi connectivity index (χ0n) is 15.4. The molecule has 8 nitrogen and oxygen atoms in total. The lowest BCUT2D eigenvalue weighted by atomic mass is 9.76. The van der Waals surface area contributed by atoms with Crippen LogP contribution in [-0.2, 0) is 33.3 Å². The first-order valence-electron chi connectivity index (χ1n) is 8.50. The summed E-state index contributed by atoms with van der Waals surface area (Å²) >= 11 is 0. The van der Waals surface area contributed by atoms with Crippen molar-refractivity contribution >= 4 is 17.8 Å². The predicted molar refractivity (Wildman–Crippen MR) is 88.5 cm³/mol. The normalized spacial score (nSPS) is 25.9. The Hall–Kier alpha value is -1.67. The number of carbonyl (C=O) groups is 3. The molecule has 1 fully saturated rings. The summed E-state index contributed by atoms with van der Waals surface area (Å²) in [6.07, 6.45) is 1.30. The minimum atomic E-state index is -0.476. The largest absolute Gasteiger partial charge is 0.466 e. The van der Waals surface area contributed by atoms with E-state index in [4.69, 9.17) is 18.9 Å². The fourth-order valence-corrected chi connectivity index (χ4v) is 3.18. The van der Waals surface area contributed by atoms with E-state index in [1.54, 1.807) is 0 Å². The summed E-state index contributed by atoms with van der Waals surface area (Å²) in [5, 5.41) is 2.80. The Kier molecular flexibility index (Phi) is 9.44. The third-order valence-electron chi connectivity index (χ3n) is 4.25. The number of methoxy groups -OCH3 is 1. The van der Waals surface area contributed by atoms with Crippen molar-refractivity contribution in [1.82, 2.24) is 5.32 Å². The Morgan fingerprint density at radius 2 is 1.68 bits per heavy atom. The molecule has 0 spiro atoms. The lowest BCUT2D eigenvalue weighted by Crippen LogP contribution is -2.51. The molecule has 0 bridgehead atoms. The molecule has 1 saturated carbocycles. The van der Waals surface area contributed by atoms with Gasteiger partial charge in [-0.1, -0.05) is 0 Å². The quantitative estimate of drug-likeness (QED) is 0.484. The summed E-state index contributed by atoms with van der Waals surface area (Å²) in [4.78, 5) is 33.8. The summed E-state index contributed by atoms with van der Waals surface area (Å²) in [5.74, 6) is -0.831. The first-order chi connectivity index (χ1) is 11.8. The van der Waals surface area contributed by atoms with E-state index in [-0.39, 0.29) is 37.1 Å². The van der Waals surface area contributed by atoms with E-state index in [2.05, 4.69) is 5.32 Å².